The Kier molecular flexibility index (Phi) is 3.91. The lowest BCUT2D eigenvalue weighted by Gasteiger charge is -1.84. The molecule has 1 atom stereocenters. The van der Waals surface area contributed by atoms with Crippen molar-refractivity contribution in [3.63, 3.8) is 0 Å². The molecule has 0 aromatic rings. The maximum atomic E-state index is 9.93. The van der Waals surface area contributed by atoms with E-state index in [0.29, 0.717) is 0 Å². The molecule has 44 valence electrons. The van der Waals surface area contributed by atoms with Crippen LogP contribution in [0.5, 0.6) is 0 Å². The minimum Gasteiger partial charge on any atom is -0.303 e. The van der Waals surface area contributed by atoms with Crippen molar-refractivity contribution in [1.29, 1.82) is 0 Å². The molecule has 0 saturated heterocycles. The molecular formula is C7H10O. The Morgan fingerprint density at radius 1 is 1.62 bits per heavy atom. The van der Waals surface area contributed by atoms with E-state index in [0.717, 1.165) is 6.29 Å². The zero-order valence-electron chi connectivity index (χ0n) is 5.22. The second kappa shape index (κ2) is 4.35. The average molecular weight is 110 g/mol. The first kappa shape index (κ1) is 7.19. The number of carbonyl (C=O) groups is 1. The molecule has 0 aliphatic carbocycles. The van der Waals surface area contributed by atoms with Crippen LogP contribution in [0.1, 0.15) is 13.8 Å². The van der Waals surface area contributed by atoms with Gasteiger partial charge in [0.2, 0.25) is 0 Å². The SMILES string of the molecule is CC=C=CC(C)C=O. The van der Waals surface area contributed by atoms with Gasteiger partial charge in [0.25, 0.3) is 0 Å². The quantitative estimate of drug-likeness (QED) is 0.389. The fourth-order valence-corrected chi connectivity index (χ4v) is 0.287. The van der Waals surface area contributed by atoms with Crippen LogP contribution in [0.25, 0.3) is 0 Å². The van der Waals surface area contributed by atoms with Gasteiger partial charge in [0, 0.05) is 5.92 Å². The standard InChI is InChI=1S/C7H10O/c1-3-4-5-7(2)6-8/h3,5-7H,1-2H3. The van der Waals surface area contributed by atoms with Crippen molar-refractivity contribution in [1.82, 2.24) is 0 Å². The predicted molar refractivity (Wildman–Crippen MR) is 33.6 cm³/mol. The van der Waals surface area contributed by atoms with Crippen LogP contribution in [0, 0.1) is 5.92 Å². The first-order chi connectivity index (χ1) is 3.81. The summed E-state index contributed by atoms with van der Waals surface area (Å²) in [5, 5.41) is 0. The fourth-order valence-electron chi connectivity index (χ4n) is 0.287. The van der Waals surface area contributed by atoms with Crippen LogP contribution in [-0.4, -0.2) is 6.29 Å². The molecular weight excluding hydrogens is 100 g/mol. The number of allylic oxidation sites excluding steroid dienone is 1. The molecule has 0 rings (SSSR count). The molecule has 0 spiro atoms. The summed E-state index contributed by atoms with van der Waals surface area (Å²) in [6.07, 6.45) is 4.39. The van der Waals surface area contributed by atoms with Crippen molar-refractivity contribution in [3.8, 4) is 0 Å². The van der Waals surface area contributed by atoms with Crippen LogP contribution < -0.4 is 0 Å². The molecule has 0 N–H and O–H groups in total. The third-order valence-electron chi connectivity index (χ3n) is 0.740. The number of hydrogen-bond acceptors (Lipinski definition) is 1. The van der Waals surface area contributed by atoms with E-state index in [2.05, 4.69) is 5.73 Å². The summed E-state index contributed by atoms with van der Waals surface area (Å²) in [6.45, 7) is 3.69. The molecule has 0 amide bonds. The molecule has 1 nitrogen and oxygen atoms in total. The van der Waals surface area contributed by atoms with Gasteiger partial charge in [-0.15, -0.1) is 5.73 Å². The summed E-state index contributed by atoms with van der Waals surface area (Å²) in [5.41, 5.74) is 2.82. The van der Waals surface area contributed by atoms with Crippen LogP contribution in [-0.2, 0) is 4.79 Å². The largest absolute Gasteiger partial charge is 0.303 e. The van der Waals surface area contributed by atoms with Crippen molar-refractivity contribution in [2.24, 2.45) is 5.92 Å². The number of rotatable bonds is 2. The van der Waals surface area contributed by atoms with Crippen LogP contribution in [0.2, 0.25) is 0 Å². The van der Waals surface area contributed by atoms with Crippen molar-refractivity contribution < 1.29 is 4.79 Å². The summed E-state index contributed by atoms with van der Waals surface area (Å²) in [5.74, 6) is 0.00574. The van der Waals surface area contributed by atoms with E-state index in [1.807, 2.05) is 13.8 Å². The van der Waals surface area contributed by atoms with E-state index >= 15 is 0 Å². The minimum atomic E-state index is 0.00574. The topological polar surface area (TPSA) is 17.1 Å². The normalized spacial score (nSPS) is 11.2. The van der Waals surface area contributed by atoms with E-state index in [9.17, 15) is 4.79 Å². The Bertz CT molecular complexity index is 118. The first-order valence-electron chi connectivity index (χ1n) is 2.63. The first-order valence-corrected chi connectivity index (χ1v) is 2.63. The van der Waals surface area contributed by atoms with Gasteiger partial charge in [-0.1, -0.05) is 6.92 Å². The molecule has 0 aromatic heterocycles. The second-order valence-electron chi connectivity index (χ2n) is 1.62. The maximum Gasteiger partial charge on any atom is 0.127 e. The van der Waals surface area contributed by atoms with Gasteiger partial charge in [0.1, 0.15) is 6.29 Å². The molecule has 1 unspecified atom stereocenters. The molecule has 0 saturated carbocycles. The highest BCUT2D eigenvalue weighted by atomic mass is 16.1. The third kappa shape index (κ3) is 3.38. The Morgan fingerprint density at radius 3 is 2.62 bits per heavy atom. The van der Waals surface area contributed by atoms with Gasteiger partial charge in [-0.2, -0.15) is 0 Å². The number of carbonyl (C=O) groups excluding carboxylic acids is 1. The predicted octanol–water partition coefficient (Wildman–Crippen LogP) is 1.55. The molecule has 0 heterocycles. The zero-order valence-corrected chi connectivity index (χ0v) is 5.22. The van der Waals surface area contributed by atoms with E-state index in [4.69, 9.17) is 0 Å². The van der Waals surface area contributed by atoms with Crippen LogP contribution in [0.4, 0.5) is 0 Å². The van der Waals surface area contributed by atoms with Gasteiger partial charge < -0.3 is 4.79 Å². The minimum absolute atomic E-state index is 0.00574. The van der Waals surface area contributed by atoms with Gasteiger partial charge in [-0.25, -0.2) is 0 Å². The number of aldehydes is 1. The number of hydrogen-bond donors (Lipinski definition) is 0. The highest BCUT2D eigenvalue weighted by Crippen LogP contribution is 1.87. The molecule has 0 aromatic carbocycles. The smallest absolute Gasteiger partial charge is 0.127 e. The zero-order chi connectivity index (χ0) is 6.41. The Morgan fingerprint density at radius 2 is 2.25 bits per heavy atom. The van der Waals surface area contributed by atoms with Crippen molar-refractivity contribution in [3.05, 3.63) is 17.9 Å². The van der Waals surface area contributed by atoms with Gasteiger partial charge in [-0.05, 0) is 19.1 Å². The third-order valence-corrected chi connectivity index (χ3v) is 0.740. The lowest BCUT2D eigenvalue weighted by Crippen LogP contribution is -1.86. The van der Waals surface area contributed by atoms with E-state index in [1.54, 1.807) is 12.2 Å². The summed E-state index contributed by atoms with van der Waals surface area (Å²) in [6, 6.07) is 0. The van der Waals surface area contributed by atoms with Crippen LogP contribution >= 0.6 is 0 Å². The molecule has 0 fully saturated rings. The lowest BCUT2D eigenvalue weighted by molar-refractivity contribution is -0.109. The van der Waals surface area contributed by atoms with Gasteiger partial charge >= 0.3 is 0 Å². The van der Waals surface area contributed by atoms with E-state index < -0.39 is 0 Å². The highest BCUT2D eigenvalue weighted by Gasteiger charge is 1.86. The molecule has 0 aliphatic heterocycles. The summed E-state index contributed by atoms with van der Waals surface area (Å²) in [7, 11) is 0. The highest BCUT2D eigenvalue weighted by molar-refractivity contribution is 5.55. The molecule has 0 radical (unpaired) electrons. The average Bonchev–Trinajstić information content (AvgIpc) is 1.83. The van der Waals surface area contributed by atoms with Crippen molar-refractivity contribution >= 4 is 6.29 Å². The lowest BCUT2D eigenvalue weighted by atomic mass is 10.2. The van der Waals surface area contributed by atoms with E-state index in [1.165, 1.54) is 0 Å². The van der Waals surface area contributed by atoms with Gasteiger partial charge in [0.05, 0.1) is 0 Å². The summed E-state index contributed by atoms with van der Waals surface area (Å²) in [4.78, 5) is 9.93. The van der Waals surface area contributed by atoms with Gasteiger partial charge in [-0.3, -0.25) is 0 Å². The fraction of sp³-hybridized carbons (Fsp3) is 0.429. The van der Waals surface area contributed by atoms with Gasteiger partial charge in [0.15, 0.2) is 0 Å². The maximum absolute atomic E-state index is 9.93. The molecule has 1 heteroatoms. The Labute approximate surface area is 49.7 Å². The monoisotopic (exact) mass is 110 g/mol. The molecule has 0 aliphatic rings. The van der Waals surface area contributed by atoms with Crippen molar-refractivity contribution in [2.45, 2.75) is 13.8 Å². The van der Waals surface area contributed by atoms with Crippen molar-refractivity contribution in [2.75, 3.05) is 0 Å². The Balaban J connectivity index is 3.69. The summed E-state index contributed by atoms with van der Waals surface area (Å²) >= 11 is 0. The van der Waals surface area contributed by atoms with Crippen LogP contribution in [0.3, 0.4) is 0 Å². The van der Waals surface area contributed by atoms with Crippen LogP contribution in [0.15, 0.2) is 17.9 Å². The second-order valence-corrected chi connectivity index (χ2v) is 1.62. The molecule has 0 bridgehead atoms. The Hall–Kier alpha value is -0.810. The molecule has 8 heavy (non-hydrogen) atoms. The van der Waals surface area contributed by atoms with E-state index in [-0.39, 0.29) is 5.92 Å². The summed E-state index contributed by atoms with van der Waals surface area (Å²) < 4.78 is 0.